The maximum atomic E-state index is 11.9. The van der Waals surface area contributed by atoms with E-state index < -0.39 is 45.0 Å². The van der Waals surface area contributed by atoms with Gasteiger partial charge in [0.25, 0.3) is 30.4 Å². The topological polar surface area (TPSA) is 189 Å². The Hall–Kier alpha value is -2.55. The monoisotopic (exact) mass is 457 g/mol. The van der Waals surface area contributed by atoms with E-state index in [9.17, 15) is 38.9 Å². The molecule has 5 N–H and O–H groups in total. The fourth-order valence-corrected chi connectivity index (χ4v) is 5.69. The van der Waals surface area contributed by atoms with Crippen LogP contribution in [0.25, 0.3) is 32.3 Å². The van der Waals surface area contributed by atoms with Gasteiger partial charge in [0.15, 0.2) is 0 Å². The van der Waals surface area contributed by atoms with Crippen LogP contribution in [0, 0.1) is 0 Å². The molecule has 0 heterocycles. The Balaban J connectivity index is 2.49. The van der Waals surface area contributed by atoms with Gasteiger partial charge >= 0.3 is 0 Å². The Bertz CT molecular complexity index is 1670. The van der Waals surface area contributed by atoms with Gasteiger partial charge in [0.2, 0.25) is 0 Å². The Morgan fingerprint density at radius 2 is 0.966 bits per heavy atom. The van der Waals surface area contributed by atoms with Crippen molar-refractivity contribution in [2.45, 2.75) is 14.7 Å². The van der Waals surface area contributed by atoms with Gasteiger partial charge in [-0.2, -0.15) is 25.3 Å². The lowest BCUT2D eigenvalue weighted by atomic mass is 9.93. The molecule has 0 aliphatic heterocycles. The van der Waals surface area contributed by atoms with Crippen LogP contribution in [-0.4, -0.2) is 38.9 Å². The van der Waals surface area contributed by atoms with E-state index in [1.807, 2.05) is 0 Å². The van der Waals surface area contributed by atoms with Crippen molar-refractivity contribution in [1.82, 2.24) is 0 Å². The molecule has 13 heteroatoms. The second-order valence-electron chi connectivity index (χ2n) is 6.33. The van der Waals surface area contributed by atoms with Gasteiger partial charge in [-0.15, -0.1) is 0 Å². The summed E-state index contributed by atoms with van der Waals surface area (Å²) in [5.41, 5.74) is 5.82. The zero-order valence-electron chi connectivity index (χ0n) is 14.1. The normalized spacial score (nSPS) is 13.6. The first-order valence-corrected chi connectivity index (χ1v) is 12.0. The van der Waals surface area contributed by atoms with E-state index in [1.165, 1.54) is 12.1 Å². The van der Waals surface area contributed by atoms with Crippen molar-refractivity contribution in [2.75, 3.05) is 5.73 Å². The Morgan fingerprint density at radius 1 is 0.552 bits per heavy atom. The molecule has 29 heavy (non-hydrogen) atoms. The SMILES string of the molecule is Nc1cc(S(=O)(=O)O)c2cc(S(=O)(=O)O)c3ccc(S(=O)(=O)O)c4ccc1c2c43. The number of benzene rings is 4. The van der Waals surface area contributed by atoms with E-state index in [1.54, 1.807) is 0 Å². The number of rotatable bonds is 3. The second kappa shape index (κ2) is 5.75. The molecule has 0 aromatic heterocycles. The van der Waals surface area contributed by atoms with E-state index >= 15 is 0 Å². The maximum absolute atomic E-state index is 11.9. The van der Waals surface area contributed by atoms with Crippen molar-refractivity contribution in [3.05, 3.63) is 36.4 Å². The largest absolute Gasteiger partial charge is 0.398 e. The molecule has 0 amide bonds. The van der Waals surface area contributed by atoms with Crippen LogP contribution >= 0.6 is 0 Å². The molecule has 10 nitrogen and oxygen atoms in total. The Labute approximate surface area is 164 Å². The molecule has 0 saturated carbocycles. The molecule has 0 saturated heterocycles. The summed E-state index contributed by atoms with van der Waals surface area (Å²) in [5.74, 6) is 0. The first-order chi connectivity index (χ1) is 13.2. The minimum absolute atomic E-state index is 0.0445. The predicted molar refractivity (Wildman–Crippen MR) is 104 cm³/mol. The minimum atomic E-state index is -4.89. The summed E-state index contributed by atoms with van der Waals surface area (Å²) in [6.07, 6.45) is 0. The molecular formula is C16H11NO9S3. The first kappa shape index (κ1) is 19.8. The van der Waals surface area contributed by atoms with Crippen LogP contribution in [0.2, 0.25) is 0 Å². The fraction of sp³-hybridized carbons (Fsp3) is 0. The summed E-state index contributed by atoms with van der Waals surface area (Å²) in [4.78, 5) is -1.99. The summed E-state index contributed by atoms with van der Waals surface area (Å²) in [6.45, 7) is 0. The second-order valence-corrected chi connectivity index (χ2v) is 10.5. The zero-order chi connectivity index (χ0) is 21.5. The minimum Gasteiger partial charge on any atom is -0.398 e. The Morgan fingerprint density at radius 3 is 1.52 bits per heavy atom. The van der Waals surface area contributed by atoms with Crippen molar-refractivity contribution in [1.29, 1.82) is 0 Å². The van der Waals surface area contributed by atoms with Crippen molar-refractivity contribution >= 4 is 68.4 Å². The van der Waals surface area contributed by atoms with E-state index in [2.05, 4.69) is 0 Å². The van der Waals surface area contributed by atoms with Crippen LogP contribution in [0.1, 0.15) is 0 Å². The maximum Gasteiger partial charge on any atom is 0.295 e. The quantitative estimate of drug-likeness (QED) is 0.201. The molecule has 0 bridgehead atoms. The van der Waals surface area contributed by atoms with Gasteiger partial charge in [-0.1, -0.05) is 18.2 Å². The van der Waals surface area contributed by atoms with Crippen molar-refractivity contribution in [3.8, 4) is 0 Å². The van der Waals surface area contributed by atoms with E-state index in [4.69, 9.17) is 5.73 Å². The molecule has 0 aliphatic carbocycles. The highest BCUT2D eigenvalue weighted by atomic mass is 32.2. The van der Waals surface area contributed by atoms with E-state index in [0.29, 0.717) is 0 Å². The van der Waals surface area contributed by atoms with Crippen LogP contribution < -0.4 is 5.73 Å². The molecule has 0 atom stereocenters. The Kier molecular flexibility index (Phi) is 3.91. The number of nitrogen functional groups attached to an aromatic ring is 1. The van der Waals surface area contributed by atoms with Gasteiger partial charge in [-0.05, 0) is 18.2 Å². The van der Waals surface area contributed by atoms with Crippen molar-refractivity contribution < 1.29 is 38.9 Å². The summed E-state index contributed by atoms with van der Waals surface area (Å²) in [5, 5.41) is -0.322. The van der Waals surface area contributed by atoms with Crippen LogP contribution in [0.5, 0.6) is 0 Å². The van der Waals surface area contributed by atoms with Crippen LogP contribution in [0.15, 0.2) is 51.1 Å². The molecule has 4 aromatic carbocycles. The average Bonchev–Trinajstić information content (AvgIpc) is 2.57. The molecule has 0 spiro atoms. The molecule has 0 fully saturated rings. The third kappa shape index (κ3) is 2.90. The molecular weight excluding hydrogens is 446 g/mol. The third-order valence-electron chi connectivity index (χ3n) is 4.65. The molecule has 4 rings (SSSR count). The van der Waals surface area contributed by atoms with Crippen molar-refractivity contribution in [3.63, 3.8) is 0 Å². The zero-order valence-corrected chi connectivity index (χ0v) is 16.5. The van der Waals surface area contributed by atoms with Crippen LogP contribution in [0.3, 0.4) is 0 Å². The summed E-state index contributed by atoms with van der Waals surface area (Å²) in [6, 6.07) is 6.44. The van der Waals surface area contributed by atoms with Crippen molar-refractivity contribution in [2.24, 2.45) is 0 Å². The van der Waals surface area contributed by atoms with Gasteiger partial charge in [-0.25, -0.2) is 0 Å². The number of anilines is 1. The highest BCUT2D eigenvalue weighted by molar-refractivity contribution is 7.86. The van der Waals surface area contributed by atoms with Gasteiger partial charge < -0.3 is 5.73 Å². The highest BCUT2D eigenvalue weighted by Gasteiger charge is 2.27. The van der Waals surface area contributed by atoms with Gasteiger partial charge in [-0.3, -0.25) is 13.7 Å². The summed E-state index contributed by atoms with van der Waals surface area (Å²) >= 11 is 0. The highest BCUT2D eigenvalue weighted by Crippen LogP contribution is 2.44. The predicted octanol–water partition coefficient (Wildman–Crippen LogP) is 1.91. The van der Waals surface area contributed by atoms with E-state index in [0.717, 1.165) is 24.3 Å². The first-order valence-electron chi connectivity index (χ1n) is 7.67. The number of nitrogens with two attached hydrogens (primary N) is 1. The molecule has 0 unspecified atom stereocenters. The smallest absolute Gasteiger partial charge is 0.295 e. The van der Waals surface area contributed by atoms with Crippen LogP contribution in [0.4, 0.5) is 5.69 Å². The summed E-state index contributed by atoms with van der Waals surface area (Å²) < 4.78 is 100.0. The third-order valence-corrected chi connectivity index (χ3v) is 7.35. The van der Waals surface area contributed by atoms with Crippen LogP contribution in [-0.2, 0) is 30.4 Å². The van der Waals surface area contributed by atoms with Gasteiger partial charge in [0.1, 0.15) is 14.7 Å². The number of hydrogen-bond donors (Lipinski definition) is 4. The molecule has 0 radical (unpaired) electrons. The molecule has 4 aromatic rings. The van der Waals surface area contributed by atoms with Gasteiger partial charge in [0.05, 0.1) is 0 Å². The van der Waals surface area contributed by atoms with Gasteiger partial charge in [0, 0.05) is 38.0 Å². The summed E-state index contributed by atoms with van der Waals surface area (Å²) in [7, 11) is -14.5. The lowest BCUT2D eigenvalue weighted by Crippen LogP contribution is -2.06. The average molecular weight is 457 g/mol. The molecule has 152 valence electrons. The standard InChI is InChI=1S/C16H11NO9S3/c17-11-6-14(29(24,25)26)10-5-13(28(21,22)23)9-3-4-12(27(18,19)20)8-2-1-7(11)15(10)16(8)9/h1-6H,17H2,(H,18,19,20)(H,21,22,23)(H,24,25,26). The lowest BCUT2D eigenvalue weighted by molar-refractivity contribution is 0.481. The fourth-order valence-electron chi connectivity index (χ4n) is 3.57. The number of hydrogen-bond acceptors (Lipinski definition) is 7. The van der Waals surface area contributed by atoms with E-state index in [-0.39, 0.29) is 38.0 Å². The molecule has 0 aliphatic rings. The lowest BCUT2D eigenvalue weighted by Gasteiger charge is -2.17.